The molecule has 0 saturated carbocycles. The zero-order valence-corrected chi connectivity index (χ0v) is 15.1. The Morgan fingerprint density at radius 1 is 1.19 bits per heavy atom. The van der Waals surface area contributed by atoms with Crippen LogP contribution in [0.15, 0.2) is 60.9 Å². The van der Waals surface area contributed by atoms with Crippen molar-refractivity contribution in [3.63, 3.8) is 0 Å². The molecule has 27 heavy (non-hydrogen) atoms. The molecule has 0 aliphatic carbocycles. The van der Waals surface area contributed by atoms with Crippen LogP contribution in [0.25, 0.3) is 0 Å². The highest BCUT2D eigenvalue weighted by Gasteiger charge is 2.16. The van der Waals surface area contributed by atoms with Crippen molar-refractivity contribution in [3.05, 3.63) is 72.2 Å². The number of ketones is 1. The molecule has 0 bridgehead atoms. The van der Waals surface area contributed by atoms with Crippen molar-refractivity contribution in [2.45, 2.75) is 26.5 Å². The van der Waals surface area contributed by atoms with Gasteiger partial charge < -0.3 is 10.1 Å². The number of aromatic nitrogens is 3. The molecule has 2 heterocycles. The van der Waals surface area contributed by atoms with E-state index in [0.717, 1.165) is 5.69 Å². The Hall–Kier alpha value is -3.48. The molecule has 138 valence electrons. The van der Waals surface area contributed by atoms with E-state index in [-0.39, 0.29) is 11.7 Å². The molecule has 7 heteroatoms. The largest absolute Gasteiger partial charge is 0.481 e. The summed E-state index contributed by atoms with van der Waals surface area (Å²) in [7, 11) is 0. The van der Waals surface area contributed by atoms with Crippen LogP contribution in [0.5, 0.6) is 5.75 Å². The van der Waals surface area contributed by atoms with Crippen LogP contribution < -0.4 is 10.1 Å². The van der Waals surface area contributed by atoms with Gasteiger partial charge in [0, 0.05) is 24.0 Å². The van der Waals surface area contributed by atoms with Crippen LogP contribution in [0.4, 0.5) is 5.82 Å². The topological polar surface area (TPSA) is 86.1 Å². The van der Waals surface area contributed by atoms with Crippen LogP contribution in [-0.4, -0.2) is 32.6 Å². The van der Waals surface area contributed by atoms with Crippen LogP contribution >= 0.6 is 0 Å². The van der Waals surface area contributed by atoms with Gasteiger partial charge >= 0.3 is 0 Å². The number of rotatable bonds is 7. The minimum absolute atomic E-state index is 0.0593. The lowest BCUT2D eigenvalue weighted by atomic mass is 10.1. The summed E-state index contributed by atoms with van der Waals surface area (Å²) in [5, 5.41) is 7.04. The van der Waals surface area contributed by atoms with E-state index in [1.54, 1.807) is 54.3 Å². The molecule has 0 spiro atoms. The van der Waals surface area contributed by atoms with Gasteiger partial charge in [-0.1, -0.05) is 18.2 Å². The highest BCUT2D eigenvalue weighted by Crippen LogP contribution is 2.16. The molecular formula is C20H20N4O3. The predicted octanol–water partition coefficient (Wildman–Crippen LogP) is 2.94. The van der Waals surface area contributed by atoms with Gasteiger partial charge in [0.1, 0.15) is 5.75 Å². The fraction of sp³-hybridized carbons (Fsp3) is 0.200. The molecule has 1 N–H and O–H groups in total. The molecule has 1 amide bonds. The number of carbonyl (C=O) groups is 2. The standard InChI is InChI=1S/C20H20N4O3/c1-14(25)16-6-5-8-18(12-16)27-15(2)20(26)22-19-9-11-24(23-19)13-17-7-3-4-10-21-17/h3-12,15H,13H2,1-2H3,(H,22,23,26). The van der Waals surface area contributed by atoms with Gasteiger partial charge in [-0.3, -0.25) is 19.3 Å². The first-order valence-electron chi connectivity index (χ1n) is 8.53. The molecule has 7 nitrogen and oxygen atoms in total. The fourth-order valence-electron chi connectivity index (χ4n) is 2.45. The Kier molecular flexibility index (Phi) is 5.61. The lowest BCUT2D eigenvalue weighted by Crippen LogP contribution is -2.30. The number of carbonyl (C=O) groups excluding carboxylic acids is 2. The maximum Gasteiger partial charge on any atom is 0.266 e. The molecular weight excluding hydrogens is 344 g/mol. The van der Waals surface area contributed by atoms with E-state index in [1.165, 1.54) is 6.92 Å². The molecule has 1 unspecified atom stereocenters. The zero-order chi connectivity index (χ0) is 19.2. The summed E-state index contributed by atoms with van der Waals surface area (Å²) in [6.07, 6.45) is 2.75. The third-order valence-electron chi connectivity index (χ3n) is 3.86. The fourth-order valence-corrected chi connectivity index (χ4v) is 2.45. The SMILES string of the molecule is CC(=O)c1cccc(OC(C)C(=O)Nc2ccn(Cc3ccccn3)n2)c1. The Morgan fingerprint density at radius 3 is 2.78 bits per heavy atom. The van der Waals surface area contributed by atoms with E-state index in [9.17, 15) is 9.59 Å². The van der Waals surface area contributed by atoms with Gasteiger partial charge in [-0.05, 0) is 38.1 Å². The summed E-state index contributed by atoms with van der Waals surface area (Å²) in [5.74, 6) is 0.511. The van der Waals surface area contributed by atoms with Crippen molar-refractivity contribution < 1.29 is 14.3 Å². The summed E-state index contributed by atoms with van der Waals surface area (Å²) in [5.41, 5.74) is 1.41. The van der Waals surface area contributed by atoms with Crippen LogP contribution in [0, 0.1) is 0 Å². The van der Waals surface area contributed by atoms with Gasteiger partial charge in [-0.25, -0.2) is 0 Å². The van der Waals surface area contributed by atoms with Crippen LogP contribution in [-0.2, 0) is 11.3 Å². The Bertz CT molecular complexity index is 937. The lowest BCUT2D eigenvalue weighted by Gasteiger charge is -2.14. The third kappa shape index (κ3) is 5.01. The maximum absolute atomic E-state index is 12.3. The van der Waals surface area contributed by atoms with Crippen LogP contribution in [0.1, 0.15) is 29.9 Å². The molecule has 0 fully saturated rings. The summed E-state index contributed by atoms with van der Waals surface area (Å²) < 4.78 is 7.33. The van der Waals surface area contributed by atoms with Gasteiger partial charge in [0.2, 0.25) is 0 Å². The van der Waals surface area contributed by atoms with Crippen molar-refractivity contribution in [1.82, 2.24) is 14.8 Å². The number of nitrogens with zero attached hydrogens (tertiary/aromatic N) is 3. The Labute approximate surface area is 157 Å². The van der Waals surface area contributed by atoms with Gasteiger partial charge in [-0.2, -0.15) is 5.10 Å². The molecule has 3 aromatic rings. The number of anilines is 1. The van der Waals surface area contributed by atoms with E-state index < -0.39 is 6.10 Å². The molecule has 1 atom stereocenters. The number of hydrogen-bond acceptors (Lipinski definition) is 5. The molecule has 3 rings (SSSR count). The van der Waals surface area contributed by atoms with E-state index >= 15 is 0 Å². The normalized spacial score (nSPS) is 11.6. The van der Waals surface area contributed by atoms with E-state index in [4.69, 9.17) is 4.74 Å². The average molecular weight is 364 g/mol. The number of pyridine rings is 1. The number of hydrogen-bond donors (Lipinski definition) is 1. The predicted molar refractivity (Wildman–Crippen MR) is 101 cm³/mol. The van der Waals surface area contributed by atoms with Gasteiger partial charge in [0.05, 0.1) is 12.2 Å². The van der Waals surface area contributed by atoms with E-state index in [2.05, 4.69) is 15.4 Å². The molecule has 2 aromatic heterocycles. The third-order valence-corrected chi connectivity index (χ3v) is 3.86. The first-order valence-corrected chi connectivity index (χ1v) is 8.53. The van der Waals surface area contributed by atoms with E-state index in [0.29, 0.717) is 23.7 Å². The zero-order valence-electron chi connectivity index (χ0n) is 15.1. The lowest BCUT2D eigenvalue weighted by molar-refractivity contribution is -0.122. The summed E-state index contributed by atoms with van der Waals surface area (Å²) in [4.78, 5) is 28.0. The van der Waals surface area contributed by atoms with Crippen molar-refractivity contribution in [2.75, 3.05) is 5.32 Å². The molecule has 0 aliphatic heterocycles. The quantitative estimate of drug-likeness (QED) is 0.652. The second-order valence-corrected chi connectivity index (χ2v) is 6.05. The summed E-state index contributed by atoms with van der Waals surface area (Å²) in [6, 6.07) is 14.1. The maximum atomic E-state index is 12.3. The van der Waals surface area contributed by atoms with Crippen molar-refractivity contribution in [3.8, 4) is 5.75 Å². The number of nitrogens with one attached hydrogen (secondary N) is 1. The summed E-state index contributed by atoms with van der Waals surface area (Å²) in [6.45, 7) is 3.64. The first kappa shape index (κ1) is 18.3. The minimum atomic E-state index is -0.742. The second kappa shape index (κ2) is 8.27. The van der Waals surface area contributed by atoms with Crippen LogP contribution in [0.2, 0.25) is 0 Å². The molecule has 0 aliphatic rings. The number of amides is 1. The summed E-state index contributed by atoms with van der Waals surface area (Å²) >= 11 is 0. The minimum Gasteiger partial charge on any atom is -0.481 e. The number of ether oxygens (including phenoxy) is 1. The van der Waals surface area contributed by atoms with Crippen LogP contribution in [0.3, 0.4) is 0 Å². The Morgan fingerprint density at radius 2 is 2.04 bits per heavy atom. The van der Waals surface area contributed by atoms with Gasteiger partial charge in [0.15, 0.2) is 17.7 Å². The number of benzene rings is 1. The van der Waals surface area contributed by atoms with Gasteiger partial charge in [0.25, 0.3) is 5.91 Å². The van der Waals surface area contributed by atoms with Crippen molar-refractivity contribution in [1.29, 1.82) is 0 Å². The monoisotopic (exact) mass is 364 g/mol. The Balaban J connectivity index is 1.58. The average Bonchev–Trinajstić information content (AvgIpc) is 3.09. The smallest absolute Gasteiger partial charge is 0.266 e. The van der Waals surface area contributed by atoms with Gasteiger partial charge in [-0.15, -0.1) is 0 Å². The molecule has 0 saturated heterocycles. The van der Waals surface area contributed by atoms with E-state index in [1.807, 2.05) is 18.2 Å². The highest BCUT2D eigenvalue weighted by molar-refractivity contribution is 5.95. The highest BCUT2D eigenvalue weighted by atomic mass is 16.5. The molecule has 0 radical (unpaired) electrons. The van der Waals surface area contributed by atoms with Crippen molar-refractivity contribution in [2.24, 2.45) is 0 Å². The molecule has 1 aromatic carbocycles. The first-order chi connectivity index (χ1) is 13.0. The number of Topliss-reactive ketones (excluding diaryl/α,β-unsaturated/α-hetero) is 1. The van der Waals surface area contributed by atoms with Crippen molar-refractivity contribution >= 4 is 17.5 Å². The second-order valence-electron chi connectivity index (χ2n) is 6.05.